The summed E-state index contributed by atoms with van der Waals surface area (Å²) in [6, 6.07) is 10.5. The molecule has 0 spiro atoms. The molecule has 1 aromatic carbocycles. The van der Waals surface area contributed by atoms with Gasteiger partial charge in [-0.3, -0.25) is 0 Å². The molecule has 2 rings (SSSR count). The fourth-order valence-corrected chi connectivity index (χ4v) is 1.46. The SMILES string of the molecule is C1=CC=CC(c2ccccc2)C=C1.[C-]#[O+].[C-]#[O+].[C-]#[O+].[Mo]. The Morgan fingerprint density at radius 2 is 1.05 bits per heavy atom. The molecular weight excluding hydrogens is 336 g/mol. The van der Waals surface area contributed by atoms with E-state index in [9.17, 15) is 0 Å². The van der Waals surface area contributed by atoms with E-state index in [0.717, 1.165) is 0 Å². The molecule has 0 bridgehead atoms. The average molecular weight is 348 g/mol. The van der Waals surface area contributed by atoms with Gasteiger partial charge in [-0.05, 0) is 5.56 Å². The van der Waals surface area contributed by atoms with Crippen LogP contribution in [0.1, 0.15) is 11.5 Å². The second-order valence-corrected chi connectivity index (χ2v) is 3.09. The predicted molar refractivity (Wildman–Crippen MR) is 68.4 cm³/mol. The third-order valence-corrected chi connectivity index (χ3v) is 2.15. The van der Waals surface area contributed by atoms with Gasteiger partial charge in [-0.1, -0.05) is 66.8 Å². The van der Waals surface area contributed by atoms with Gasteiger partial charge in [0.1, 0.15) is 0 Å². The summed E-state index contributed by atoms with van der Waals surface area (Å²) in [5.74, 6) is 0.427. The Bertz CT molecular complexity index is 437. The van der Waals surface area contributed by atoms with Crippen molar-refractivity contribution in [2.24, 2.45) is 0 Å². The Morgan fingerprint density at radius 1 is 0.650 bits per heavy atom. The smallest absolute Gasteiger partial charge is 0 e. The molecule has 0 aromatic heterocycles. The summed E-state index contributed by atoms with van der Waals surface area (Å²) < 4.78 is 22.5. The number of allylic oxidation sites excluding steroid dienone is 6. The molecule has 0 amide bonds. The molecule has 0 unspecified atom stereocenters. The molecule has 0 aliphatic heterocycles. The van der Waals surface area contributed by atoms with Gasteiger partial charge in [-0.25, -0.2) is 0 Å². The largest absolute Gasteiger partial charge is 0 e. The van der Waals surface area contributed by atoms with E-state index in [1.54, 1.807) is 0 Å². The van der Waals surface area contributed by atoms with Crippen LogP contribution in [0.5, 0.6) is 0 Å². The molecule has 100 valence electrons. The third kappa shape index (κ3) is 10.3. The van der Waals surface area contributed by atoms with E-state index in [-0.39, 0.29) is 21.1 Å². The van der Waals surface area contributed by atoms with Crippen molar-refractivity contribution in [3.8, 4) is 0 Å². The van der Waals surface area contributed by atoms with Crippen LogP contribution in [0.15, 0.2) is 66.8 Å². The van der Waals surface area contributed by atoms with Crippen LogP contribution in [0.3, 0.4) is 0 Å². The maximum absolute atomic E-state index is 7.50. The van der Waals surface area contributed by atoms with Gasteiger partial charge in [-0.15, -0.1) is 0 Å². The zero-order chi connectivity index (χ0) is 14.9. The summed E-state index contributed by atoms with van der Waals surface area (Å²) in [6.45, 7) is 13.5. The van der Waals surface area contributed by atoms with E-state index in [1.165, 1.54) is 5.56 Å². The molecule has 0 N–H and O–H groups in total. The van der Waals surface area contributed by atoms with Gasteiger partial charge in [0.2, 0.25) is 0 Å². The number of rotatable bonds is 1. The maximum atomic E-state index is 7.50. The van der Waals surface area contributed by atoms with E-state index in [1.807, 2.05) is 6.07 Å². The van der Waals surface area contributed by atoms with Crippen molar-refractivity contribution in [1.82, 2.24) is 0 Å². The van der Waals surface area contributed by atoms with Crippen molar-refractivity contribution >= 4 is 0 Å². The van der Waals surface area contributed by atoms with Crippen molar-refractivity contribution < 1.29 is 35.0 Å². The van der Waals surface area contributed by atoms with E-state index in [4.69, 9.17) is 14.0 Å². The van der Waals surface area contributed by atoms with Crippen LogP contribution in [0.25, 0.3) is 0 Å². The number of benzene rings is 1. The summed E-state index contributed by atoms with van der Waals surface area (Å²) in [4.78, 5) is 0. The molecule has 3 nitrogen and oxygen atoms in total. The first-order valence-electron chi connectivity index (χ1n) is 5.15. The van der Waals surface area contributed by atoms with Crippen LogP contribution in [-0.4, -0.2) is 0 Å². The molecule has 0 saturated carbocycles. The second-order valence-electron chi connectivity index (χ2n) is 3.09. The second kappa shape index (κ2) is 19.7. The fourth-order valence-electron chi connectivity index (χ4n) is 1.46. The van der Waals surface area contributed by atoms with Crippen LogP contribution in [-0.2, 0) is 35.0 Å². The summed E-state index contributed by atoms with van der Waals surface area (Å²) in [5, 5.41) is 0. The molecule has 0 atom stereocenters. The van der Waals surface area contributed by atoms with E-state index >= 15 is 0 Å². The molecule has 20 heavy (non-hydrogen) atoms. The average Bonchev–Trinajstić information content (AvgIpc) is 2.83. The molecule has 1 aromatic rings. The van der Waals surface area contributed by atoms with Gasteiger partial charge in [-0.2, -0.15) is 0 Å². The molecule has 0 fully saturated rings. The van der Waals surface area contributed by atoms with Crippen molar-refractivity contribution in [3.63, 3.8) is 0 Å². The molecule has 4 heteroatoms. The summed E-state index contributed by atoms with van der Waals surface area (Å²) in [6.07, 6.45) is 12.7. The Balaban J connectivity index is -0.000000368. The minimum absolute atomic E-state index is 0. The zero-order valence-corrected chi connectivity index (χ0v) is 12.6. The third-order valence-electron chi connectivity index (χ3n) is 2.15. The minimum Gasteiger partial charge on any atom is 0 e. The van der Waals surface area contributed by atoms with Crippen molar-refractivity contribution in [3.05, 3.63) is 92.3 Å². The van der Waals surface area contributed by atoms with Crippen LogP contribution < -0.4 is 0 Å². The Labute approximate surface area is 133 Å². The predicted octanol–water partition coefficient (Wildman–Crippen LogP) is 3.34. The summed E-state index contributed by atoms with van der Waals surface area (Å²) in [7, 11) is 0. The van der Waals surface area contributed by atoms with Gasteiger partial charge in [0.05, 0.1) is 0 Å². The van der Waals surface area contributed by atoms with Gasteiger partial charge < -0.3 is 0 Å². The van der Waals surface area contributed by atoms with E-state index in [0.29, 0.717) is 5.92 Å². The summed E-state index contributed by atoms with van der Waals surface area (Å²) >= 11 is 0. The number of hydrogen-bond donors (Lipinski definition) is 0. The summed E-state index contributed by atoms with van der Waals surface area (Å²) in [5.41, 5.74) is 1.35. The quantitative estimate of drug-likeness (QED) is 0.425. The van der Waals surface area contributed by atoms with Gasteiger partial charge in [0.25, 0.3) is 0 Å². The number of hydrogen-bond acceptors (Lipinski definition) is 0. The standard InChI is InChI=1S/C13H12.3CO.Mo/c1-2-5-9-12(8-4-1)13-10-6-3-7-11-13;3*1-2;/h1-12H;;;;. The van der Waals surface area contributed by atoms with Gasteiger partial charge in [0, 0.05) is 27.0 Å². The van der Waals surface area contributed by atoms with Crippen LogP contribution in [0.2, 0.25) is 0 Å². The van der Waals surface area contributed by atoms with Crippen molar-refractivity contribution in [2.75, 3.05) is 0 Å². The first-order valence-corrected chi connectivity index (χ1v) is 5.15. The Kier molecular flexibility index (Phi) is 23.1. The molecule has 0 saturated heterocycles. The first kappa shape index (κ1) is 23.4. The van der Waals surface area contributed by atoms with Gasteiger partial charge >= 0.3 is 33.9 Å². The Morgan fingerprint density at radius 3 is 1.45 bits per heavy atom. The molecule has 1 aliphatic carbocycles. The fraction of sp³-hybridized carbons (Fsp3) is 0.0625. The topological polar surface area (TPSA) is 59.7 Å². The molecule has 0 heterocycles. The molecule has 1 aliphatic rings. The van der Waals surface area contributed by atoms with Crippen molar-refractivity contribution in [1.29, 1.82) is 0 Å². The van der Waals surface area contributed by atoms with E-state index < -0.39 is 0 Å². The maximum Gasteiger partial charge on any atom is 0 e. The van der Waals surface area contributed by atoms with Gasteiger partial charge in [0.15, 0.2) is 0 Å². The first-order chi connectivity index (χ1) is 9.47. The minimum atomic E-state index is 0. The van der Waals surface area contributed by atoms with Crippen LogP contribution >= 0.6 is 0 Å². The van der Waals surface area contributed by atoms with Crippen LogP contribution in [0.4, 0.5) is 0 Å². The van der Waals surface area contributed by atoms with E-state index in [2.05, 4.69) is 80.7 Å². The van der Waals surface area contributed by atoms with Crippen molar-refractivity contribution in [2.45, 2.75) is 5.92 Å². The van der Waals surface area contributed by atoms with Crippen LogP contribution in [0, 0.1) is 20.0 Å². The molecular formula is C16H12MoO3. The zero-order valence-electron chi connectivity index (χ0n) is 10.6. The normalized spacial score (nSPS) is 10.7. The molecule has 0 radical (unpaired) electrons. The monoisotopic (exact) mass is 350 g/mol. The Hall–Kier alpha value is -1.65.